The quantitative estimate of drug-likeness (QED) is 0.678. The topological polar surface area (TPSA) is 56.8 Å². The standard InChI is InChI=1S/C17H24N2O/c1-14(2,3)13-10-16(11-18,15(4,5)6)8-9-17(13,12-19)20-7/h8-10H,1-7H3/t16-,17-/m1/s1. The van der Waals surface area contributed by atoms with Crippen molar-refractivity contribution in [3.8, 4) is 12.1 Å². The molecule has 0 spiro atoms. The molecule has 20 heavy (non-hydrogen) atoms. The Balaban J connectivity index is 3.63. The van der Waals surface area contributed by atoms with Crippen LogP contribution in [0.15, 0.2) is 23.8 Å². The molecule has 0 bridgehead atoms. The molecular formula is C17H24N2O. The van der Waals surface area contributed by atoms with Crippen LogP contribution in [0.2, 0.25) is 0 Å². The fourth-order valence-corrected chi connectivity index (χ4v) is 2.52. The number of rotatable bonds is 1. The molecule has 0 saturated heterocycles. The van der Waals surface area contributed by atoms with Crippen LogP contribution in [-0.2, 0) is 4.74 Å². The van der Waals surface area contributed by atoms with Gasteiger partial charge in [0.05, 0.1) is 11.5 Å². The van der Waals surface area contributed by atoms with E-state index < -0.39 is 11.0 Å². The lowest BCUT2D eigenvalue weighted by molar-refractivity contribution is 0.0867. The fraction of sp³-hybridized carbons (Fsp3) is 0.647. The van der Waals surface area contributed by atoms with Crippen molar-refractivity contribution < 1.29 is 4.74 Å². The van der Waals surface area contributed by atoms with E-state index in [9.17, 15) is 10.5 Å². The Bertz CT molecular complexity index is 531. The van der Waals surface area contributed by atoms with Crippen LogP contribution >= 0.6 is 0 Å². The van der Waals surface area contributed by atoms with Crippen LogP contribution in [0.3, 0.4) is 0 Å². The van der Waals surface area contributed by atoms with Crippen molar-refractivity contribution in [3.05, 3.63) is 23.8 Å². The van der Waals surface area contributed by atoms with Crippen molar-refractivity contribution in [3.63, 3.8) is 0 Å². The minimum Gasteiger partial charge on any atom is -0.356 e. The van der Waals surface area contributed by atoms with Gasteiger partial charge in [0.15, 0.2) is 5.60 Å². The van der Waals surface area contributed by atoms with Crippen LogP contribution in [0.5, 0.6) is 0 Å². The average Bonchev–Trinajstić information content (AvgIpc) is 2.35. The maximum Gasteiger partial charge on any atom is 0.194 e. The van der Waals surface area contributed by atoms with Gasteiger partial charge in [-0.15, -0.1) is 0 Å². The zero-order chi connectivity index (χ0) is 15.8. The molecule has 0 aromatic carbocycles. The van der Waals surface area contributed by atoms with Gasteiger partial charge in [-0.1, -0.05) is 53.7 Å². The minimum atomic E-state index is -1.08. The summed E-state index contributed by atoms with van der Waals surface area (Å²) in [4.78, 5) is 0. The molecule has 0 fully saturated rings. The third-order valence-electron chi connectivity index (χ3n) is 4.08. The molecule has 0 unspecified atom stereocenters. The van der Waals surface area contributed by atoms with E-state index in [-0.39, 0.29) is 10.8 Å². The number of hydrogen-bond donors (Lipinski definition) is 0. The molecule has 0 heterocycles. The summed E-state index contributed by atoms with van der Waals surface area (Å²) in [6.07, 6.45) is 5.48. The highest BCUT2D eigenvalue weighted by molar-refractivity contribution is 5.48. The summed E-state index contributed by atoms with van der Waals surface area (Å²) in [5.74, 6) is 0. The molecule has 3 nitrogen and oxygen atoms in total. The fourth-order valence-electron chi connectivity index (χ4n) is 2.52. The van der Waals surface area contributed by atoms with Gasteiger partial charge >= 0.3 is 0 Å². The Morgan fingerprint density at radius 2 is 1.55 bits per heavy atom. The minimum absolute atomic E-state index is 0.260. The summed E-state index contributed by atoms with van der Waals surface area (Å²) in [5, 5.41) is 19.3. The molecule has 0 saturated carbocycles. The van der Waals surface area contributed by atoms with Gasteiger partial charge in [0.2, 0.25) is 0 Å². The Morgan fingerprint density at radius 1 is 1.00 bits per heavy atom. The van der Waals surface area contributed by atoms with Gasteiger partial charge in [0.25, 0.3) is 0 Å². The number of ether oxygens (including phenoxy) is 1. The van der Waals surface area contributed by atoms with Crippen molar-refractivity contribution in [2.24, 2.45) is 16.2 Å². The zero-order valence-corrected chi connectivity index (χ0v) is 13.5. The molecular weight excluding hydrogens is 248 g/mol. The molecule has 0 amide bonds. The highest BCUT2D eigenvalue weighted by Gasteiger charge is 2.48. The Kier molecular flexibility index (Phi) is 3.92. The van der Waals surface area contributed by atoms with Gasteiger partial charge in [-0.25, -0.2) is 0 Å². The highest BCUT2D eigenvalue weighted by atomic mass is 16.5. The average molecular weight is 272 g/mol. The Morgan fingerprint density at radius 3 is 1.85 bits per heavy atom. The molecule has 2 atom stereocenters. The van der Waals surface area contributed by atoms with Crippen LogP contribution in [-0.4, -0.2) is 12.7 Å². The van der Waals surface area contributed by atoms with Gasteiger partial charge in [-0.2, -0.15) is 10.5 Å². The Hall–Kier alpha value is -1.58. The second-order valence-electron chi connectivity index (χ2n) is 7.42. The van der Waals surface area contributed by atoms with Crippen molar-refractivity contribution in [1.29, 1.82) is 10.5 Å². The maximum atomic E-state index is 9.71. The first-order valence-electron chi connectivity index (χ1n) is 6.80. The van der Waals surface area contributed by atoms with Gasteiger partial charge in [0.1, 0.15) is 6.07 Å². The first-order chi connectivity index (χ1) is 8.98. The van der Waals surface area contributed by atoms with Crippen LogP contribution in [0.25, 0.3) is 0 Å². The molecule has 1 aliphatic rings. The third-order valence-corrected chi connectivity index (χ3v) is 4.08. The second kappa shape index (κ2) is 4.76. The van der Waals surface area contributed by atoms with Gasteiger partial charge < -0.3 is 4.74 Å². The number of nitriles is 2. The van der Waals surface area contributed by atoms with E-state index in [1.165, 1.54) is 7.11 Å². The van der Waals surface area contributed by atoms with Crippen LogP contribution < -0.4 is 0 Å². The normalized spacial score (nSPS) is 30.4. The molecule has 3 heteroatoms. The molecule has 0 aliphatic heterocycles. The van der Waals surface area contributed by atoms with Gasteiger partial charge in [-0.05, 0) is 22.5 Å². The van der Waals surface area contributed by atoms with E-state index in [0.29, 0.717) is 0 Å². The van der Waals surface area contributed by atoms with E-state index in [2.05, 4.69) is 12.1 Å². The molecule has 0 aromatic rings. The first-order valence-corrected chi connectivity index (χ1v) is 6.80. The third kappa shape index (κ3) is 2.39. The van der Waals surface area contributed by atoms with Crippen LogP contribution in [0, 0.1) is 38.9 Å². The number of hydrogen-bond acceptors (Lipinski definition) is 3. The van der Waals surface area contributed by atoms with E-state index in [1.807, 2.05) is 53.7 Å². The van der Waals surface area contributed by atoms with Crippen molar-refractivity contribution in [1.82, 2.24) is 0 Å². The lowest BCUT2D eigenvalue weighted by atomic mass is 9.60. The van der Waals surface area contributed by atoms with E-state index in [4.69, 9.17) is 4.74 Å². The summed E-state index contributed by atoms with van der Waals surface area (Å²) >= 11 is 0. The largest absolute Gasteiger partial charge is 0.356 e. The summed E-state index contributed by atoms with van der Waals surface area (Å²) in [6.45, 7) is 12.2. The lowest BCUT2D eigenvalue weighted by Crippen LogP contribution is -2.43. The monoisotopic (exact) mass is 272 g/mol. The second-order valence-corrected chi connectivity index (χ2v) is 7.42. The van der Waals surface area contributed by atoms with Crippen molar-refractivity contribution >= 4 is 0 Å². The van der Waals surface area contributed by atoms with Gasteiger partial charge in [-0.3, -0.25) is 0 Å². The van der Waals surface area contributed by atoms with E-state index in [1.54, 1.807) is 6.08 Å². The lowest BCUT2D eigenvalue weighted by Gasteiger charge is -2.43. The van der Waals surface area contributed by atoms with E-state index in [0.717, 1.165) is 5.57 Å². The summed E-state index contributed by atoms with van der Waals surface area (Å²) in [6, 6.07) is 4.67. The molecule has 0 aromatic heterocycles. The summed E-state index contributed by atoms with van der Waals surface area (Å²) in [5.41, 5.74) is -1.49. The van der Waals surface area contributed by atoms with Crippen molar-refractivity contribution in [2.75, 3.05) is 7.11 Å². The summed E-state index contributed by atoms with van der Waals surface area (Å²) < 4.78 is 5.49. The molecule has 1 rings (SSSR count). The number of nitrogens with zero attached hydrogens (tertiary/aromatic N) is 2. The highest BCUT2D eigenvalue weighted by Crippen LogP contribution is 2.50. The summed E-state index contributed by atoms with van der Waals surface area (Å²) in [7, 11) is 1.53. The van der Waals surface area contributed by atoms with E-state index >= 15 is 0 Å². The molecule has 0 N–H and O–H groups in total. The molecule has 0 radical (unpaired) electrons. The van der Waals surface area contributed by atoms with Crippen LogP contribution in [0.4, 0.5) is 0 Å². The maximum absolute atomic E-state index is 9.71. The SMILES string of the molecule is CO[C@@]1(C#N)C=C[C@@](C#N)(C(C)(C)C)C=C1C(C)(C)C. The predicted molar refractivity (Wildman–Crippen MR) is 79.5 cm³/mol. The van der Waals surface area contributed by atoms with Crippen LogP contribution in [0.1, 0.15) is 41.5 Å². The zero-order valence-electron chi connectivity index (χ0n) is 13.5. The van der Waals surface area contributed by atoms with Crippen molar-refractivity contribution in [2.45, 2.75) is 47.1 Å². The smallest absolute Gasteiger partial charge is 0.194 e. The molecule has 108 valence electrons. The predicted octanol–water partition coefficient (Wildman–Crippen LogP) is 3.99. The number of methoxy groups -OCH3 is 1. The van der Waals surface area contributed by atoms with Gasteiger partial charge in [0, 0.05) is 7.11 Å². The number of allylic oxidation sites excluding steroid dienone is 2. The first kappa shape index (κ1) is 16.5. The Labute approximate surface area is 122 Å². The molecule has 1 aliphatic carbocycles.